The molecule has 2 unspecified atom stereocenters. The number of rotatable bonds is 5. The number of carboxylic acid groups (broad SMARTS) is 1. The number of amides is 1. The largest absolute Gasteiger partial charge is 0.497 e. The van der Waals surface area contributed by atoms with E-state index < -0.39 is 17.9 Å². The van der Waals surface area contributed by atoms with Gasteiger partial charge in [0.05, 0.1) is 13.0 Å². The summed E-state index contributed by atoms with van der Waals surface area (Å²) in [7, 11) is 3.08. The van der Waals surface area contributed by atoms with Gasteiger partial charge in [-0.15, -0.1) is 0 Å². The summed E-state index contributed by atoms with van der Waals surface area (Å²) in [5.41, 5.74) is 0.829. The van der Waals surface area contributed by atoms with Crippen LogP contribution in [0.4, 0.5) is 0 Å². The number of ether oxygens (including phenoxy) is 1. The minimum atomic E-state index is -1.02. The molecule has 104 valence electrons. The van der Waals surface area contributed by atoms with Crippen molar-refractivity contribution < 1.29 is 19.4 Å². The first-order valence-corrected chi connectivity index (χ1v) is 6.02. The molecule has 1 aromatic carbocycles. The van der Waals surface area contributed by atoms with Gasteiger partial charge in [-0.05, 0) is 31.5 Å². The molecule has 5 nitrogen and oxygen atoms in total. The molecule has 0 aliphatic heterocycles. The van der Waals surface area contributed by atoms with Crippen LogP contribution in [0.25, 0.3) is 0 Å². The van der Waals surface area contributed by atoms with Gasteiger partial charge in [-0.2, -0.15) is 0 Å². The second-order valence-electron chi connectivity index (χ2n) is 4.46. The highest BCUT2D eigenvalue weighted by molar-refractivity contribution is 5.87. The number of likely N-dealkylation sites (N-methyl/N-ethyl adjacent to an activating group) is 1. The molecular formula is C14H19NO4. The lowest BCUT2D eigenvalue weighted by Crippen LogP contribution is -2.42. The van der Waals surface area contributed by atoms with Crippen LogP contribution in [0, 0.1) is 0 Å². The second kappa shape index (κ2) is 6.22. The van der Waals surface area contributed by atoms with Crippen LogP contribution in [-0.2, 0) is 9.59 Å². The summed E-state index contributed by atoms with van der Waals surface area (Å²) in [6.45, 7) is 3.25. The fourth-order valence-electron chi connectivity index (χ4n) is 1.70. The van der Waals surface area contributed by atoms with E-state index in [-0.39, 0.29) is 5.91 Å². The van der Waals surface area contributed by atoms with Crippen molar-refractivity contribution in [2.45, 2.75) is 25.8 Å². The van der Waals surface area contributed by atoms with Gasteiger partial charge in [-0.25, -0.2) is 4.79 Å². The van der Waals surface area contributed by atoms with Crippen molar-refractivity contribution >= 4 is 11.9 Å². The molecule has 1 N–H and O–H groups in total. The number of hydrogen-bond acceptors (Lipinski definition) is 3. The molecular weight excluding hydrogens is 246 g/mol. The van der Waals surface area contributed by atoms with Crippen LogP contribution in [0.15, 0.2) is 24.3 Å². The van der Waals surface area contributed by atoms with Crippen molar-refractivity contribution in [2.24, 2.45) is 0 Å². The van der Waals surface area contributed by atoms with E-state index in [9.17, 15) is 9.59 Å². The van der Waals surface area contributed by atoms with Gasteiger partial charge in [-0.3, -0.25) is 4.79 Å². The van der Waals surface area contributed by atoms with Crippen molar-refractivity contribution in [2.75, 3.05) is 14.2 Å². The summed E-state index contributed by atoms with van der Waals surface area (Å²) in [5.74, 6) is -0.911. The fourth-order valence-corrected chi connectivity index (χ4v) is 1.70. The number of carbonyl (C=O) groups is 2. The van der Waals surface area contributed by atoms with Crippen LogP contribution in [0.2, 0.25) is 0 Å². The van der Waals surface area contributed by atoms with E-state index >= 15 is 0 Å². The number of benzene rings is 1. The fraction of sp³-hybridized carbons (Fsp3) is 0.429. The first kappa shape index (κ1) is 15.0. The topological polar surface area (TPSA) is 66.8 Å². The molecule has 0 bridgehead atoms. The van der Waals surface area contributed by atoms with Crippen molar-refractivity contribution in [3.05, 3.63) is 29.8 Å². The maximum atomic E-state index is 12.2. The third-order valence-electron chi connectivity index (χ3n) is 3.27. The summed E-state index contributed by atoms with van der Waals surface area (Å²) >= 11 is 0. The van der Waals surface area contributed by atoms with Gasteiger partial charge in [0.1, 0.15) is 11.8 Å². The molecule has 0 aliphatic carbocycles. The van der Waals surface area contributed by atoms with Gasteiger partial charge in [0.2, 0.25) is 5.91 Å². The summed E-state index contributed by atoms with van der Waals surface area (Å²) in [6, 6.07) is 6.33. The molecule has 5 heteroatoms. The van der Waals surface area contributed by atoms with E-state index in [1.54, 1.807) is 38.3 Å². The lowest BCUT2D eigenvalue weighted by molar-refractivity contribution is -0.148. The Morgan fingerprint density at radius 3 is 2.16 bits per heavy atom. The van der Waals surface area contributed by atoms with Crippen molar-refractivity contribution in [1.82, 2.24) is 4.90 Å². The average molecular weight is 265 g/mol. The summed E-state index contributed by atoms with van der Waals surface area (Å²) < 4.78 is 5.05. The van der Waals surface area contributed by atoms with E-state index in [0.717, 1.165) is 11.3 Å². The molecule has 0 spiro atoms. The quantitative estimate of drug-likeness (QED) is 0.880. The molecule has 0 fully saturated rings. The second-order valence-corrected chi connectivity index (χ2v) is 4.46. The first-order valence-electron chi connectivity index (χ1n) is 6.02. The lowest BCUT2D eigenvalue weighted by Gasteiger charge is -2.25. The van der Waals surface area contributed by atoms with Gasteiger partial charge >= 0.3 is 5.97 Å². The number of carbonyl (C=O) groups excluding carboxylic acids is 1. The van der Waals surface area contributed by atoms with Crippen molar-refractivity contribution in [3.8, 4) is 5.75 Å². The molecule has 19 heavy (non-hydrogen) atoms. The molecule has 0 aliphatic rings. The van der Waals surface area contributed by atoms with Crippen LogP contribution in [-0.4, -0.2) is 42.1 Å². The lowest BCUT2D eigenvalue weighted by atomic mass is 9.99. The van der Waals surface area contributed by atoms with Gasteiger partial charge in [-0.1, -0.05) is 12.1 Å². The Bertz CT molecular complexity index is 455. The zero-order chi connectivity index (χ0) is 14.6. The molecule has 0 saturated carbocycles. The molecule has 0 heterocycles. The van der Waals surface area contributed by atoms with E-state index in [1.807, 2.05) is 0 Å². The summed E-state index contributed by atoms with van der Waals surface area (Å²) in [4.78, 5) is 24.3. The van der Waals surface area contributed by atoms with Crippen molar-refractivity contribution in [1.29, 1.82) is 0 Å². The Kier molecular flexibility index (Phi) is 4.92. The Morgan fingerprint density at radius 1 is 1.21 bits per heavy atom. The van der Waals surface area contributed by atoms with Gasteiger partial charge in [0, 0.05) is 7.05 Å². The zero-order valence-electron chi connectivity index (χ0n) is 11.6. The molecule has 1 aromatic rings. The third kappa shape index (κ3) is 3.47. The van der Waals surface area contributed by atoms with Crippen molar-refractivity contribution in [3.63, 3.8) is 0 Å². The highest BCUT2D eigenvalue weighted by atomic mass is 16.5. The Hall–Kier alpha value is -2.04. The van der Waals surface area contributed by atoms with E-state index in [0.29, 0.717) is 0 Å². The maximum Gasteiger partial charge on any atom is 0.326 e. The Balaban J connectivity index is 2.83. The van der Waals surface area contributed by atoms with Crippen LogP contribution < -0.4 is 4.74 Å². The first-order chi connectivity index (χ1) is 8.88. The standard InChI is InChI=1S/C14H19NO4/c1-9(11-5-7-12(19-4)8-6-11)13(16)15(3)10(2)14(17)18/h5-10H,1-4H3,(H,17,18). The smallest absolute Gasteiger partial charge is 0.326 e. The number of hydrogen-bond donors (Lipinski definition) is 1. The molecule has 0 radical (unpaired) electrons. The molecule has 1 rings (SSSR count). The van der Waals surface area contributed by atoms with E-state index in [2.05, 4.69) is 0 Å². The van der Waals surface area contributed by atoms with E-state index in [4.69, 9.17) is 9.84 Å². The molecule has 0 aromatic heterocycles. The number of nitrogens with zero attached hydrogens (tertiary/aromatic N) is 1. The Labute approximate surface area is 112 Å². The number of aliphatic carboxylic acids is 1. The predicted molar refractivity (Wildman–Crippen MR) is 71.3 cm³/mol. The summed E-state index contributed by atoms with van der Waals surface area (Å²) in [5, 5.41) is 8.91. The highest BCUT2D eigenvalue weighted by Crippen LogP contribution is 2.21. The van der Waals surface area contributed by atoms with Crippen LogP contribution >= 0.6 is 0 Å². The predicted octanol–water partition coefficient (Wildman–Crippen LogP) is 1.73. The Morgan fingerprint density at radius 2 is 1.74 bits per heavy atom. The van der Waals surface area contributed by atoms with Gasteiger partial charge in [0.25, 0.3) is 0 Å². The average Bonchev–Trinajstić information content (AvgIpc) is 2.44. The third-order valence-corrected chi connectivity index (χ3v) is 3.27. The summed E-state index contributed by atoms with van der Waals surface area (Å²) in [6.07, 6.45) is 0. The highest BCUT2D eigenvalue weighted by Gasteiger charge is 2.26. The SMILES string of the molecule is COc1ccc(C(C)C(=O)N(C)C(C)C(=O)O)cc1. The van der Waals surface area contributed by atoms with Crippen LogP contribution in [0.3, 0.4) is 0 Å². The van der Waals surface area contributed by atoms with Crippen LogP contribution in [0.5, 0.6) is 5.75 Å². The monoisotopic (exact) mass is 265 g/mol. The zero-order valence-corrected chi connectivity index (χ0v) is 11.6. The number of carboxylic acids is 1. The molecule has 2 atom stereocenters. The molecule has 1 amide bonds. The number of methoxy groups -OCH3 is 1. The normalized spacial score (nSPS) is 13.5. The van der Waals surface area contributed by atoms with Crippen LogP contribution in [0.1, 0.15) is 25.3 Å². The molecule has 0 saturated heterocycles. The minimum absolute atomic E-state index is 0.222. The van der Waals surface area contributed by atoms with E-state index in [1.165, 1.54) is 18.9 Å². The van der Waals surface area contributed by atoms with Gasteiger partial charge in [0.15, 0.2) is 0 Å². The minimum Gasteiger partial charge on any atom is -0.497 e. The maximum absolute atomic E-state index is 12.2. The van der Waals surface area contributed by atoms with Gasteiger partial charge < -0.3 is 14.7 Å².